The van der Waals surface area contributed by atoms with Gasteiger partial charge in [-0.2, -0.15) is 13.9 Å². The summed E-state index contributed by atoms with van der Waals surface area (Å²) in [7, 11) is 0. The zero-order chi connectivity index (χ0) is 26.8. The average Bonchev–Trinajstić information content (AvgIpc) is 3.61. The van der Waals surface area contributed by atoms with Gasteiger partial charge in [-0.1, -0.05) is 23.7 Å². The molecule has 1 unspecified atom stereocenters. The van der Waals surface area contributed by atoms with Crippen molar-refractivity contribution in [1.29, 1.82) is 0 Å². The van der Waals surface area contributed by atoms with Crippen LogP contribution in [0.5, 0.6) is 0 Å². The first-order valence-corrected chi connectivity index (χ1v) is 13.1. The van der Waals surface area contributed by atoms with Gasteiger partial charge in [-0.25, -0.2) is 9.67 Å². The summed E-state index contributed by atoms with van der Waals surface area (Å²) in [6.07, 6.45) is 1.90. The molecule has 0 radical (unpaired) electrons. The Labute approximate surface area is 225 Å². The van der Waals surface area contributed by atoms with Gasteiger partial charge < -0.3 is 9.80 Å². The van der Waals surface area contributed by atoms with Crippen LogP contribution in [0.2, 0.25) is 5.02 Å². The monoisotopic (exact) mass is 554 g/mol. The molecule has 4 aromatic rings. The van der Waals surface area contributed by atoms with Crippen LogP contribution in [0.1, 0.15) is 50.4 Å². The Morgan fingerprint density at radius 3 is 2.68 bits per heavy atom. The number of carbonyl (C=O) groups is 2. The van der Waals surface area contributed by atoms with Crippen LogP contribution in [0, 0.1) is 6.92 Å². The number of halogens is 3. The van der Waals surface area contributed by atoms with Crippen molar-refractivity contribution in [3.63, 3.8) is 0 Å². The summed E-state index contributed by atoms with van der Waals surface area (Å²) >= 11 is 7.21. The second-order valence-corrected chi connectivity index (χ2v) is 10.7. The second kappa shape index (κ2) is 8.67. The van der Waals surface area contributed by atoms with Crippen LogP contribution in [0.25, 0.3) is 5.13 Å². The number of aromatic nitrogens is 4. The van der Waals surface area contributed by atoms with Crippen LogP contribution in [0.4, 0.5) is 8.78 Å². The first-order valence-electron chi connectivity index (χ1n) is 11.8. The number of rotatable bonds is 4. The third-order valence-corrected chi connectivity index (χ3v) is 8.01. The van der Waals surface area contributed by atoms with E-state index in [1.54, 1.807) is 59.3 Å². The number of carbonyl (C=O) groups excluding carboxylic acids is 2. The Kier molecular flexibility index (Phi) is 5.62. The second-order valence-electron chi connectivity index (χ2n) is 9.40. The van der Waals surface area contributed by atoms with E-state index in [9.17, 15) is 18.4 Å². The van der Waals surface area contributed by atoms with E-state index in [4.69, 9.17) is 11.6 Å². The van der Waals surface area contributed by atoms with E-state index in [-0.39, 0.29) is 35.4 Å². The molecule has 3 aromatic heterocycles. The smallest absolute Gasteiger partial charge is 0.287 e. The van der Waals surface area contributed by atoms with Crippen molar-refractivity contribution in [2.75, 3.05) is 13.1 Å². The highest BCUT2D eigenvalue weighted by Gasteiger charge is 2.56. The summed E-state index contributed by atoms with van der Waals surface area (Å²) < 4.78 is 29.5. The number of nitrogens with zero attached hydrogens (tertiary/aromatic N) is 6. The normalized spacial score (nSPS) is 19.0. The highest BCUT2D eigenvalue weighted by Crippen LogP contribution is 2.45. The fourth-order valence-corrected chi connectivity index (χ4v) is 6.17. The van der Waals surface area contributed by atoms with Crippen LogP contribution in [0.15, 0.2) is 54.0 Å². The minimum absolute atomic E-state index is 0.0815. The molecule has 5 heterocycles. The summed E-state index contributed by atoms with van der Waals surface area (Å²) in [4.78, 5) is 39.8. The third kappa shape index (κ3) is 3.71. The summed E-state index contributed by atoms with van der Waals surface area (Å²) in [5, 5.41) is 6.38. The molecule has 0 bridgehead atoms. The Hall–Kier alpha value is -3.70. The zero-order valence-electron chi connectivity index (χ0n) is 20.4. The number of hydrogen-bond acceptors (Lipinski definition) is 6. The molecule has 38 heavy (non-hydrogen) atoms. The number of pyridine rings is 1. The number of fused-ring (bicyclic) bond motifs is 2. The average molecular weight is 555 g/mol. The fourth-order valence-electron chi connectivity index (χ4n) is 5.28. The van der Waals surface area contributed by atoms with Crippen molar-refractivity contribution in [1.82, 2.24) is 29.5 Å². The molecule has 1 fully saturated rings. The molecular formula is C26H21ClF2N6O2S. The molecule has 12 heteroatoms. The number of benzene rings is 1. The van der Waals surface area contributed by atoms with Crippen molar-refractivity contribution < 1.29 is 18.4 Å². The Bertz CT molecular complexity index is 1580. The van der Waals surface area contributed by atoms with Crippen molar-refractivity contribution in [3.05, 3.63) is 93.0 Å². The van der Waals surface area contributed by atoms with E-state index in [0.717, 1.165) is 22.9 Å². The molecule has 2 aliphatic rings. The molecule has 0 N–H and O–H groups in total. The van der Waals surface area contributed by atoms with E-state index in [1.807, 2.05) is 0 Å². The van der Waals surface area contributed by atoms with Crippen LogP contribution < -0.4 is 0 Å². The van der Waals surface area contributed by atoms with Crippen molar-refractivity contribution in [2.45, 2.75) is 31.9 Å². The molecule has 1 saturated heterocycles. The lowest BCUT2D eigenvalue weighted by Crippen LogP contribution is -2.58. The molecule has 0 saturated carbocycles. The van der Waals surface area contributed by atoms with Crippen LogP contribution in [-0.4, -0.2) is 54.5 Å². The van der Waals surface area contributed by atoms with Crippen LogP contribution in [0.3, 0.4) is 0 Å². The minimum atomic E-state index is -3.14. The predicted molar refractivity (Wildman–Crippen MR) is 137 cm³/mol. The highest BCUT2D eigenvalue weighted by atomic mass is 35.5. The molecule has 0 spiro atoms. The standard InChI is InChI=1S/C26H21ClF2N6O2S/c1-15-12-21(25(2,28)29)35(32-15)24-31-20(14-38-24)23(37)34-11-10-33-22(36)18-4-3-9-30-19(18)13-26(33,34)16-5-7-17(27)8-6-16/h3-9,12,14H,10-11,13H2,1-2H3. The minimum Gasteiger partial charge on any atom is -0.309 e. The number of alkyl halides is 2. The predicted octanol–water partition coefficient (Wildman–Crippen LogP) is 4.80. The molecule has 0 aliphatic carbocycles. The SMILES string of the molecule is Cc1cc(C(C)(F)F)n(-c2nc(C(=O)N3CCN4C(=O)c5cccnc5CC34c3ccc(Cl)cc3)cs2)n1. The molecule has 6 rings (SSSR count). The summed E-state index contributed by atoms with van der Waals surface area (Å²) in [5.41, 5.74) is 0.839. The first-order chi connectivity index (χ1) is 18.1. The van der Waals surface area contributed by atoms with Gasteiger partial charge in [0.1, 0.15) is 17.1 Å². The molecule has 2 amide bonds. The van der Waals surface area contributed by atoms with E-state index in [0.29, 0.717) is 34.1 Å². The molecule has 1 atom stereocenters. The molecule has 2 aliphatic heterocycles. The lowest BCUT2D eigenvalue weighted by atomic mass is 9.86. The first kappa shape index (κ1) is 24.6. The Morgan fingerprint density at radius 2 is 1.95 bits per heavy atom. The maximum atomic E-state index is 14.2. The van der Waals surface area contributed by atoms with Crippen molar-refractivity contribution >= 4 is 34.8 Å². The van der Waals surface area contributed by atoms with Crippen LogP contribution >= 0.6 is 22.9 Å². The van der Waals surface area contributed by atoms with Gasteiger partial charge in [0.15, 0.2) is 0 Å². The lowest BCUT2D eigenvalue weighted by molar-refractivity contribution is 0.00671. The fraction of sp³-hybridized carbons (Fsp3) is 0.269. The molecule has 8 nitrogen and oxygen atoms in total. The van der Waals surface area contributed by atoms with Gasteiger partial charge in [0.05, 0.1) is 17.0 Å². The highest BCUT2D eigenvalue weighted by molar-refractivity contribution is 7.12. The number of amides is 2. The summed E-state index contributed by atoms with van der Waals surface area (Å²) in [6, 6.07) is 11.8. The van der Waals surface area contributed by atoms with E-state index in [1.165, 1.54) is 11.4 Å². The number of thiazole rings is 1. The zero-order valence-corrected chi connectivity index (χ0v) is 21.9. The van der Waals surface area contributed by atoms with Gasteiger partial charge in [0.2, 0.25) is 5.13 Å². The summed E-state index contributed by atoms with van der Waals surface area (Å²) in [5.74, 6) is -3.79. The van der Waals surface area contributed by atoms with E-state index >= 15 is 0 Å². The molecule has 1 aromatic carbocycles. The largest absolute Gasteiger partial charge is 0.309 e. The van der Waals surface area contributed by atoms with E-state index < -0.39 is 17.5 Å². The topological polar surface area (TPSA) is 84.2 Å². The van der Waals surface area contributed by atoms with Gasteiger partial charge in [-0.3, -0.25) is 14.6 Å². The van der Waals surface area contributed by atoms with Gasteiger partial charge in [-0.15, -0.1) is 11.3 Å². The van der Waals surface area contributed by atoms with Gasteiger partial charge >= 0.3 is 0 Å². The Balaban J connectivity index is 1.44. The quantitative estimate of drug-likeness (QED) is 0.362. The lowest BCUT2D eigenvalue weighted by Gasteiger charge is -2.46. The van der Waals surface area contributed by atoms with Crippen molar-refractivity contribution in [3.8, 4) is 5.13 Å². The van der Waals surface area contributed by atoms with Gasteiger partial charge in [-0.05, 0) is 42.8 Å². The van der Waals surface area contributed by atoms with E-state index in [2.05, 4.69) is 15.1 Å². The number of aryl methyl sites for hydroxylation is 1. The third-order valence-electron chi connectivity index (χ3n) is 6.95. The maximum Gasteiger partial charge on any atom is 0.287 e. The number of hydrogen-bond donors (Lipinski definition) is 0. The molecular weight excluding hydrogens is 534 g/mol. The Morgan fingerprint density at radius 1 is 1.18 bits per heavy atom. The van der Waals surface area contributed by atoms with Crippen molar-refractivity contribution in [2.24, 2.45) is 0 Å². The summed E-state index contributed by atoms with van der Waals surface area (Å²) in [6.45, 7) is 2.97. The maximum absolute atomic E-state index is 14.2. The molecule has 194 valence electrons. The van der Waals surface area contributed by atoms with Crippen LogP contribution in [-0.2, 0) is 18.0 Å². The van der Waals surface area contributed by atoms with Gasteiger partial charge in [0.25, 0.3) is 17.7 Å². The van der Waals surface area contributed by atoms with Gasteiger partial charge in [0, 0.05) is 43.0 Å².